The predicted molar refractivity (Wildman–Crippen MR) is 77.2 cm³/mol. The van der Waals surface area contributed by atoms with Crippen molar-refractivity contribution in [2.24, 2.45) is 0 Å². The van der Waals surface area contributed by atoms with Gasteiger partial charge in [0, 0.05) is 5.33 Å². The Labute approximate surface area is 123 Å². The fourth-order valence-electron chi connectivity index (χ4n) is 1.41. The third-order valence-corrected chi connectivity index (χ3v) is 3.70. The first-order valence-electron chi connectivity index (χ1n) is 5.70. The molecule has 0 aliphatic rings. The highest BCUT2D eigenvalue weighted by molar-refractivity contribution is 9.08. The summed E-state index contributed by atoms with van der Waals surface area (Å²) < 4.78 is 10.6. The van der Waals surface area contributed by atoms with Gasteiger partial charge in [0.25, 0.3) is 5.19 Å². The van der Waals surface area contributed by atoms with Crippen LogP contribution < -0.4 is 4.74 Å². The van der Waals surface area contributed by atoms with Crippen LogP contribution in [-0.4, -0.2) is 17.6 Å². The molecular weight excluding hydrogens is 330 g/mol. The van der Waals surface area contributed by atoms with Crippen LogP contribution in [0.15, 0.2) is 30.3 Å². The molecule has 0 saturated carbocycles. The monoisotopic (exact) mass is 341 g/mol. The summed E-state index contributed by atoms with van der Waals surface area (Å²) in [4.78, 5) is 16.5. The van der Waals surface area contributed by atoms with Crippen molar-refractivity contribution in [3.05, 3.63) is 40.9 Å². The van der Waals surface area contributed by atoms with Crippen molar-refractivity contribution in [1.82, 2.24) is 4.98 Å². The minimum absolute atomic E-state index is 0.341. The summed E-state index contributed by atoms with van der Waals surface area (Å²) in [6, 6.07) is 9.32. The number of rotatable bonds is 5. The first kappa shape index (κ1) is 14.0. The molecule has 0 spiro atoms. The number of ether oxygens (including phenoxy) is 2. The van der Waals surface area contributed by atoms with E-state index in [4.69, 9.17) is 9.47 Å². The van der Waals surface area contributed by atoms with E-state index in [1.165, 1.54) is 11.3 Å². The highest BCUT2D eigenvalue weighted by Crippen LogP contribution is 2.30. The van der Waals surface area contributed by atoms with Gasteiger partial charge in [-0.05, 0) is 19.1 Å². The van der Waals surface area contributed by atoms with Crippen LogP contribution in [0.25, 0.3) is 0 Å². The SMILES string of the molecule is CCOC(=O)c1sc(Oc2ccccc2)nc1CBr. The standard InChI is InChI=1S/C13H12BrNO3S/c1-2-17-12(16)11-10(8-14)15-13(19-11)18-9-6-4-3-5-7-9/h3-7H,2,8H2,1H3. The number of hydrogen-bond donors (Lipinski definition) is 0. The summed E-state index contributed by atoms with van der Waals surface area (Å²) in [7, 11) is 0. The van der Waals surface area contributed by atoms with E-state index in [1.54, 1.807) is 6.92 Å². The van der Waals surface area contributed by atoms with E-state index in [-0.39, 0.29) is 5.97 Å². The Balaban J connectivity index is 2.21. The van der Waals surface area contributed by atoms with E-state index in [2.05, 4.69) is 20.9 Å². The zero-order chi connectivity index (χ0) is 13.7. The molecule has 0 aliphatic carbocycles. The Morgan fingerprint density at radius 1 is 1.37 bits per heavy atom. The van der Waals surface area contributed by atoms with Crippen LogP contribution in [0.3, 0.4) is 0 Å². The molecule has 4 nitrogen and oxygen atoms in total. The molecule has 0 amide bonds. The second kappa shape index (κ2) is 6.68. The number of benzene rings is 1. The normalized spacial score (nSPS) is 10.2. The van der Waals surface area contributed by atoms with E-state index in [1.807, 2.05) is 30.3 Å². The van der Waals surface area contributed by atoms with Crippen molar-refractivity contribution in [2.75, 3.05) is 6.61 Å². The van der Waals surface area contributed by atoms with Crippen LogP contribution in [0, 0.1) is 0 Å². The van der Waals surface area contributed by atoms with E-state index in [9.17, 15) is 4.79 Å². The predicted octanol–water partition coefficient (Wildman–Crippen LogP) is 4.01. The fraction of sp³-hybridized carbons (Fsp3) is 0.231. The van der Waals surface area contributed by atoms with E-state index >= 15 is 0 Å². The average molecular weight is 342 g/mol. The number of nitrogens with zero attached hydrogens (tertiary/aromatic N) is 1. The topological polar surface area (TPSA) is 48.4 Å². The maximum Gasteiger partial charge on any atom is 0.350 e. The minimum Gasteiger partial charge on any atom is -0.462 e. The first-order valence-corrected chi connectivity index (χ1v) is 7.64. The number of carbonyl (C=O) groups excluding carboxylic acids is 1. The van der Waals surface area contributed by atoms with E-state index < -0.39 is 0 Å². The van der Waals surface area contributed by atoms with Crippen molar-refractivity contribution in [2.45, 2.75) is 12.3 Å². The Kier molecular flexibility index (Phi) is 4.93. The lowest BCUT2D eigenvalue weighted by Gasteiger charge is -1.99. The van der Waals surface area contributed by atoms with Gasteiger partial charge in [0.15, 0.2) is 0 Å². The fourth-order valence-corrected chi connectivity index (χ4v) is 2.85. The third kappa shape index (κ3) is 3.54. The molecule has 0 saturated heterocycles. The Bertz CT molecular complexity index is 556. The third-order valence-electron chi connectivity index (χ3n) is 2.21. The van der Waals surface area contributed by atoms with Gasteiger partial charge in [-0.25, -0.2) is 9.78 Å². The van der Waals surface area contributed by atoms with Gasteiger partial charge in [0.2, 0.25) is 0 Å². The molecule has 0 unspecified atom stereocenters. The Hall–Kier alpha value is -1.40. The quantitative estimate of drug-likeness (QED) is 0.609. The van der Waals surface area contributed by atoms with Gasteiger partial charge < -0.3 is 9.47 Å². The highest BCUT2D eigenvalue weighted by atomic mass is 79.9. The second-order valence-corrected chi connectivity index (χ2v) is 5.05. The van der Waals surface area contributed by atoms with Gasteiger partial charge in [-0.15, -0.1) is 0 Å². The van der Waals surface area contributed by atoms with Gasteiger partial charge >= 0.3 is 5.97 Å². The maximum absolute atomic E-state index is 11.8. The molecule has 2 aromatic rings. The molecule has 0 radical (unpaired) electrons. The molecule has 1 heterocycles. The molecule has 0 fully saturated rings. The van der Waals surface area contributed by atoms with Gasteiger partial charge in [-0.2, -0.15) is 0 Å². The van der Waals surface area contributed by atoms with Gasteiger partial charge in [0.05, 0.1) is 12.3 Å². The van der Waals surface area contributed by atoms with Gasteiger partial charge in [-0.3, -0.25) is 0 Å². The molecule has 0 bridgehead atoms. The Morgan fingerprint density at radius 3 is 2.74 bits per heavy atom. The molecule has 19 heavy (non-hydrogen) atoms. The Morgan fingerprint density at radius 2 is 2.11 bits per heavy atom. The zero-order valence-electron chi connectivity index (χ0n) is 10.3. The summed E-state index contributed by atoms with van der Waals surface area (Å²) in [5.74, 6) is 0.324. The smallest absolute Gasteiger partial charge is 0.350 e. The van der Waals surface area contributed by atoms with Crippen molar-refractivity contribution in [3.63, 3.8) is 0 Å². The maximum atomic E-state index is 11.8. The molecule has 1 aromatic heterocycles. The number of para-hydroxylation sites is 1. The summed E-state index contributed by atoms with van der Waals surface area (Å²) in [6.45, 7) is 2.11. The van der Waals surface area contributed by atoms with E-state index in [0.29, 0.717) is 33.5 Å². The number of hydrogen-bond acceptors (Lipinski definition) is 5. The number of thiazole rings is 1. The lowest BCUT2D eigenvalue weighted by Crippen LogP contribution is -2.04. The summed E-state index contributed by atoms with van der Waals surface area (Å²) in [6.07, 6.45) is 0. The molecule has 0 aliphatic heterocycles. The van der Waals surface area contributed by atoms with Crippen LogP contribution in [0.4, 0.5) is 0 Å². The lowest BCUT2D eigenvalue weighted by atomic mass is 10.3. The number of aromatic nitrogens is 1. The van der Waals surface area contributed by atoms with Crippen LogP contribution in [-0.2, 0) is 10.1 Å². The summed E-state index contributed by atoms with van der Waals surface area (Å²) in [5, 5.41) is 0.916. The number of alkyl halides is 1. The molecule has 1 aromatic carbocycles. The van der Waals surface area contributed by atoms with Crippen LogP contribution in [0.5, 0.6) is 10.9 Å². The number of esters is 1. The van der Waals surface area contributed by atoms with Crippen molar-refractivity contribution < 1.29 is 14.3 Å². The average Bonchev–Trinajstić information content (AvgIpc) is 2.83. The van der Waals surface area contributed by atoms with Crippen LogP contribution >= 0.6 is 27.3 Å². The summed E-state index contributed by atoms with van der Waals surface area (Å²) >= 11 is 4.50. The lowest BCUT2D eigenvalue weighted by molar-refractivity contribution is 0.0531. The summed E-state index contributed by atoms with van der Waals surface area (Å²) in [5.41, 5.74) is 0.634. The molecule has 0 N–H and O–H groups in total. The van der Waals surface area contributed by atoms with Crippen molar-refractivity contribution >= 4 is 33.2 Å². The first-order chi connectivity index (χ1) is 9.24. The number of carbonyl (C=O) groups is 1. The van der Waals surface area contributed by atoms with Gasteiger partial charge in [0.1, 0.15) is 10.6 Å². The second-order valence-electron chi connectivity index (χ2n) is 3.52. The molecule has 2 rings (SSSR count). The zero-order valence-corrected chi connectivity index (χ0v) is 12.7. The molecular formula is C13H12BrNO3S. The number of halogens is 1. The highest BCUT2D eigenvalue weighted by Gasteiger charge is 2.19. The van der Waals surface area contributed by atoms with Crippen molar-refractivity contribution in [1.29, 1.82) is 0 Å². The largest absolute Gasteiger partial charge is 0.462 e. The van der Waals surface area contributed by atoms with Crippen LogP contribution in [0.2, 0.25) is 0 Å². The van der Waals surface area contributed by atoms with Gasteiger partial charge in [-0.1, -0.05) is 45.5 Å². The minimum atomic E-state index is -0.364. The van der Waals surface area contributed by atoms with Crippen LogP contribution in [0.1, 0.15) is 22.3 Å². The van der Waals surface area contributed by atoms with E-state index in [0.717, 1.165) is 0 Å². The molecule has 0 atom stereocenters. The molecule has 6 heteroatoms. The molecule has 100 valence electrons. The van der Waals surface area contributed by atoms with Crippen molar-refractivity contribution in [3.8, 4) is 10.9 Å².